The largest absolute Gasteiger partial charge is 0.385 e. The van der Waals surface area contributed by atoms with Crippen molar-refractivity contribution in [2.24, 2.45) is 5.92 Å². The number of ether oxygens (including phenoxy) is 1. The first-order valence-electron chi connectivity index (χ1n) is 10.4. The monoisotopic (exact) mass is 386 g/mol. The number of methoxy groups -OCH3 is 1. The third-order valence-corrected chi connectivity index (χ3v) is 5.57. The number of carbonyl (C=O) groups is 1. The number of pyridine rings is 1. The van der Waals surface area contributed by atoms with Gasteiger partial charge in [-0.15, -0.1) is 0 Å². The second-order valence-corrected chi connectivity index (χ2v) is 8.42. The number of aromatic nitrogens is 2. The average molecular weight is 387 g/mol. The molecule has 0 aromatic carbocycles. The summed E-state index contributed by atoms with van der Waals surface area (Å²) in [5.41, 5.74) is 1.49. The summed E-state index contributed by atoms with van der Waals surface area (Å²) in [6.07, 6.45) is 3.89. The molecule has 0 radical (unpaired) electrons. The Morgan fingerprint density at radius 1 is 1.25 bits per heavy atom. The minimum absolute atomic E-state index is 0.0500. The van der Waals surface area contributed by atoms with Gasteiger partial charge < -0.3 is 14.0 Å². The Morgan fingerprint density at radius 3 is 2.61 bits per heavy atom. The van der Waals surface area contributed by atoms with Gasteiger partial charge in [0.15, 0.2) is 5.69 Å². The fraction of sp³-hybridized carbons (Fsp3) is 0.636. The summed E-state index contributed by atoms with van der Waals surface area (Å²) in [5.74, 6) is 1.51. The molecule has 2 atom stereocenters. The molecule has 1 fully saturated rings. The Labute approximate surface area is 168 Å². The average Bonchev–Trinajstić information content (AvgIpc) is 3.01. The second-order valence-electron chi connectivity index (χ2n) is 8.42. The zero-order chi connectivity index (χ0) is 20.3. The van der Waals surface area contributed by atoms with E-state index in [4.69, 9.17) is 9.72 Å². The molecule has 28 heavy (non-hydrogen) atoms. The number of amides is 1. The van der Waals surface area contributed by atoms with Crippen LogP contribution in [0.5, 0.6) is 0 Å². The Bertz CT molecular complexity index is 789. The molecule has 2 aromatic rings. The molecule has 2 unspecified atom stereocenters. The third-order valence-electron chi connectivity index (χ3n) is 5.57. The molecule has 154 valence electrons. The lowest BCUT2D eigenvalue weighted by atomic mass is 10.1. The van der Waals surface area contributed by atoms with Crippen molar-refractivity contribution in [1.82, 2.24) is 19.2 Å². The van der Waals surface area contributed by atoms with Gasteiger partial charge in [-0.05, 0) is 38.3 Å². The molecule has 3 heterocycles. The van der Waals surface area contributed by atoms with Crippen LogP contribution in [0.15, 0.2) is 24.4 Å². The maximum Gasteiger partial charge on any atom is 0.274 e. The molecule has 1 saturated heterocycles. The quantitative estimate of drug-likeness (QED) is 0.686. The molecule has 0 bridgehead atoms. The lowest BCUT2D eigenvalue weighted by molar-refractivity contribution is 0.0268. The van der Waals surface area contributed by atoms with Gasteiger partial charge in [-0.2, -0.15) is 0 Å². The van der Waals surface area contributed by atoms with Crippen LogP contribution in [-0.4, -0.2) is 70.5 Å². The smallest absolute Gasteiger partial charge is 0.274 e. The molecule has 1 aliphatic rings. The first-order chi connectivity index (χ1) is 13.4. The molecule has 0 saturated carbocycles. The second kappa shape index (κ2) is 9.05. The fourth-order valence-electron chi connectivity index (χ4n) is 4.27. The normalized spacial score (nSPS) is 21.0. The summed E-state index contributed by atoms with van der Waals surface area (Å²) < 4.78 is 7.26. The van der Waals surface area contributed by atoms with Crippen molar-refractivity contribution >= 4 is 11.4 Å². The van der Waals surface area contributed by atoms with Crippen LogP contribution in [0, 0.1) is 5.92 Å². The van der Waals surface area contributed by atoms with Crippen LogP contribution in [0.25, 0.3) is 5.52 Å². The molecule has 0 spiro atoms. The van der Waals surface area contributed by atoms with Crippen molar-refractivity contribution in [1.29, 1.82) is 0 Å². The van der Waals surface area contributed by atoms with Crippen molar-refractivity contribution in [3.8, 4) is 0 Å². The molecule has 2 aromatic heterocycles. The number of nitrogens with zero attached hydrogens (tertiary/aromatic N) is 4. The number of carbonyl (C=O) groups excluding carboxylic acids is 1. The molecule has 1 aliphatic heterocycles. The van der Waals surface area contributed by atoms with Crippen molar-refractivity contribution in [2.75, 3.05) is 33.4 Å². The number of piperazine rings is 1. The third kappa shape index (κ3) is 4.39. The van der Waals surface area contributed by atoms with E-state index in [-0.39, 0.29) is 5.91 Å². The Morgan fingerprint density at radius 2 is 1.96 bits per heavy atom. The molecule has 6 heteroatoms. The van der Waals surface area contributed by atoms with E-state index in [0.717, 1.165) is 50.4 Å². The minimum Gasteiger partial charge on any atom is -0.385 e. The summed E-state index contributed by atoms with van der Waals surface area (Å²) in [5, 5.41) is 0. The van der Waals surface area contributed by atoms with Gasteiger partial charge in [0.1, 0.15) is 5.82 Å². The van der Waals surface area contributed by atoms with Crippen LogP contribution in [0.4, 0.5) is 0 Å². The van der Waals surface area contributed by atoms with Crippen LogP contribution < -0.4 is 0 Å². The molecular weight excluding hydrogens is 352 g/mol. The highest BCUT2D eigenvalue weighted by Crippen LogP contribution is 2.22. The lowest BCUT2D eigenvalue weighted by Gasteiger charge is -2.44. The van der Waals surface area contributed by atoms with Crippen LogP contribution in [0.3, 0.4) is 0 Å². The number of hydrogen-bond acceptors (Lipinski definition) is 4. The number of hydrogen-bond donors (Lipinski definition) is 0. The van der Waals surface area contributed by atoms with Crippen molar-refractivity contribution < 1.29 is 9.53 Å². The molecular formula is C22H34N4O2. The highest BCUT2D eigenvalue weighted by molar-refractivity contribution is 5.99. The van der Waals surface area contributed by atoms with Crippen LogP contribution >= 0.6 is 0 Å². The predicted molar refractivity (Wildman–Crippen MR) is 112 cm³/mol. The van der Waals surface area contributed by atoms with Crippen molar-refractivity contribution in [2.45, 2.75) is 52.6 Å². The molecule has 0 N–H and O–H groups in total. The van der Waals surface area contributed by atoms with E-state index in [1.807, 2.05) is 29.3 Å². The van der Waals surface area contributed by atoms with E-state index in [1.165, 1.54) is 0 Å². The molecule has 6 nitrogen and oxygen atoms in total. The number of fused-ring (bicyclic) bond motifs is 1. The van der Waals surface area contributed by atoms with E-state index < -0.39 is 0 Å². The summed E-state index contributed by atoms with van der Waals surface area (Å²) in [7, 11) is 1.74. The van der Waals surface area contributed by atoms with Gasteiger partial charge in [-0.1, -0.05) is 19.9 Å². The van der Waals surface area contributed by atoms with E-state index in [1.54, 1.807) is 7.11 Å². The van der Waals surface area contributed by atoms with E-state index >= 15 is 0 Å². The maximum absolute atomic E-state index is 13.4. The topological polar surface area (TPSA) is 50.1 Å². The Balaban J connectivity index is 1.79. The van der Waals surface area contributed by atoms with Gasteiger partial charge in [-0.25, -0.2) is 4.98 Å². The summed E-state index contributed by atoms with van der Waals surface area (Å²) in [4.78, 5) is 22.6. The predicted octanol–water partition coefficient (Wildman–Crippen LogP) is 3.10. The molecule has 0 aliphatic carbocycles. The lowest BCUT2D eigenvalue weighted by Crippen LogP contribution is -2.58. The van der Waals surface area contributed by atoms with Gasteiger partial charge in [-0.3, -0.25) is 9.69 Å². The van der Waals surface area contributed by atoms with Crippen LogP contribution in [0.1, 0.15) is 50.4 Å². The molecule has 1 amide bonds. The van der Waals surface area contributed by atoms with E-state index in [9.17, 15) is 4.79 Å². The zero-order valence-electron chi connectivity index (χ0n) is 17.9. The highest BCUT2D eigenvalue weighted by Gasteiger charge is 2.33. The van der Waals surface area contributed by atoms with Gasteiger partial charge >= 0.3 is 0 Å². The van der Waals surface area contributed by atoms with Crippen LogP contribution in [0.2, 0.25) is 0 Å². The SMILES string of the molecule is COCCCN1C(C)CN(C(=O)c2nc(CC(C)C)n3ccccc23)CC1C. The van der Waals surface area contributed by atoms with Gasteiger partial charge in [0.2, 0.25) is 0 Å². The van der Waals surface area contributed by atoms with Gasteiger partial charge in [0.05, 0.1) is 5.52 Å². The maximum atomic E-state index is 13.4. The summed E-state index contributed by atoms with van der Waals surface area (Å²) in [6, 6.07) is 6.63. The first-order valence-corrected chi connectivity index (χ1v) is 10.4. The highest BCUT2D eigenvalue weighted by atomic mass is 16.5. The van der Waals surface area contributed by atoms with E-state index in [0.29, 0.717) is 23.7 Å². The van der Waals surface area contributed by atoms with Crippen LogP contribution in [-0.2, 0) is 11.2 Å². The number of imidazole rings is 1. The summed E-state index contributed by atoms with van der Waals surface area (Å²) >= 11 is 0. The zero-order valence-corrected chi connectivity index (χ0v) is 17.9. The van der Waals surface area contributed by atoms with E-state index in [2.05, 4.69) is 37.0 Å². The Hall–Kier alpha value is -1.92. The standard InChI is InChI=1S/C22H34N4O2/c1-16(2)13-20-23-21(19-9-6-7-10-26(19)20)22(27)24-14-17(3)25(18(4)15-24)11-8-12-28-5/h6-7,9-10,16-18H,8,11-15H2,1-5H3. The van der Waals surface area contributed by atoms with Gasteiger partial charge in [0, 0.05) is 58.1 Å². The summed E-state index contributed by atoms with van der Waals surface area (Å²) in [6.45, 7) is 12.0. The number of rotatable bonds is 7. The van der Waals surface area contributed by atoms with Crippen molar-refractivity contribution in [3.05, 3.63) is 35.9 Å². The van der Waals surface area contributed by atoms with Gasteiger partial charge in [0.25, 0.3) is 5.91 Å². The first kappa shape index (κ1) is 20.8. The molecule has 3 rings (SSSR count). The van der Waals surface area contributed by atoms with Crippen molar-refractivity contribution in [3.63, 3.8) is 0 Å². The fourth-order valence-corrected chi connectivity index (χ4v) is 4.27. The minimum atomic E-state index is 0.0500. The Kier molecular flexibility index (Phi) is 6.73.